The van der Waals surface area contributed by atoms with Crippen LogP contribution in [0.5, 0.6) is 0 Å². The zero-order chi connectivity index (χ0) is 16.5. The second-order valence-corrected chi connectivity index (χ2v) is 6.25. The van der Waals surface area contributed by atoms with Crippen molar-refractivity contribution < 1.29 is 9.53 Å². The van der Waals surface area contributed by atoms with E-state index < -0.39 is 5.54 Å². The van der Waals surface area contributed by atoms with E-state index in [2.05, 4.69) is 43.1 Å². The van der Waals surface area contributed by atoms with Crippen molar-refractivity contribution in [3.8, 4) is 0 Å². The molecular weight excluding hydrogens is 266 g/mol. The van der Waals surface area contributed by atoms with Gasteiger partial charge < -0.3 is 15.0 Å². The van der Waals surface area contributed by atoms with Gasteiger partial charge in [0.1, 0.15) is 5.54 Å². The zero-order valence-electron chi connectivity index (χ0n) is 15.0. The molecule has 0 rings (SSSR count). The Morgan fingerprint density at radius 2 is 1.86 bits per heavy atom. The van der Waals surface area contributed by atoms with Crippen LogP contribution in [0.4, 0.5) is 0 Å². The second-order valence-electron chi connectivity index (χ2n) is 6.25. The van der Waals surface area contributed by atoms with Crippen LogP contribution >= 0.6 is 0 Å². The summed E-state index contributed by atoms with van der Waals surface area (Å²) in [6, 6.07) is 0.327. The van der Waals surface area contributed by atoms with Crippen LogP contribution < -0.4 is 5.32 Å². The molecule has 0 aromatic carbocycles. The molecule has 0 amide bonds. The van der Waals surface area contributed by atoms with E-state index in [1.165, 1.54) is 7.11 Å². The van der Waals surface area contributed by atoms with Crippen molar-refractivity contribution in [1.82, 2.24) is 15.1 Å². The third-order valence-electron chi connectivity index (χ3n) is 3.88. The predicted octanol–water partition coefficient (Wildman–Crippen LogP) is 1.58. The minimum Gasteiger partial charge on any atom is -0.468 e. The zero-order valence-corrected chi connectivity index (χ0v) is 15.0. The molecule has 0 bridgehead atoms. The van der Waals surface area contributed by atoms with E-state index in [0.717, 1.165) is 39.0 Å². The topological polar surface area (TPSA) is 44.8 Å². The molecule has 5 heteroatoms. The van der Waals surface area contributed by atoms with Gasteiger partial charge in [0.05, 0.1) is 7.11 Å². The van der Waals surface area contributed by atoms with E-state index in [1.807, 2.05) is 13.8 Å². The van der Waals surface area contributed by atoms with Crippen molar-refractivity contribution in [2.24, 2.45) is 0 Å². The molecule has 21 heavy (non-hydrogen) atoms. The Morgan fingerprint density at radius 1 is 1.24 bits per heavy atom. The number of nitrogens with one attached hydrogen (secondary N) is 1. The second kappa shape index (κ2) is 10.1. The summed E-state index contributed by atoms with van der Waals surface area (Å²) in [5, 5.41) is 3.29. The third kappa shape index (κ3) is 7.25. The fraction of sp³-hybridized carbons (Fsp3) is 0.938. The highest BCUT2D eigenvalue weighted by molar-refractivity contribution is 5.80. The normalized spacial score (nSPS) is 16.0. The van der Waals surface area contributed by atoms with Crippen molar-refractivity contribution in [2.45, 2.75) is 52.1 Å². The molecule has 0 aliphatic rings. The van der Waals surface area contributed by atoms with Crippen LogP contribution in [0.1, 0.15) is 40.5 Å². The van der Waals surface area contributed by atoms with Crippen molar-refractivity contribution in [3.05, 3.63) is 0 Å². The summed E-state index contributed by atoms with van der Waals surface area (Å²) >= 11 is 0. The van der Waals surface area contributed by atoms with Gasteiger partial charge in [-0.3, -0.25) is 9.69 Å². The van der Waals surface area contributed by atoms with Gasteiger partial charge in [-0.25, -0.2) is 0 Å². The van der Waals surface area contributed by atoms with Gasteiger partial charge in [0.15, 0.2) is 0 Å². The van der Waals surface area contributed by atoms with Crippen LogP contribution in [0, 0.1) is 0 Å². The number of carbonyl (C=O) groups excluding carboxylic acids is 1. The molecule has 0 heterocycles. The summed E-state index contributed by atoms with van der Waals surface area (Å²) in [5.74, 6) is -0.180. The monoisotopic (exact) mass is 301 g/mol. The Morgan fingerprint density at radius 3 is 2.29 bits per heavy atom. The van der Waals surface area contributed by atoms with E-state index >= 15 is 0 Å². The highest BCUT2D eigenvalue weighted by Gasteiger charge is 2.36. The first-order chi connectivity index (χ1) is 9.80. The van der Waals surface area contributed by atoms with E-state index in [-0.39, 0.29) is 5.97 Å². The predicted molar refractivity (Wildman–Crippen MR) is 88.6 cm³/mol. The van der Waals surface area contributed by atoms with Gasteiger partial charge in [0.25, 0.3) is 0 Å². The number of ether oxygens (including phenoxy) is 1. The number of hydrogen-bond acceptors (Lipinski definition) is 5. The lowest BCUT2D eigenvalue weighted by Gasteiger charge is -2.36. The fourth-order valence-electron chi connectivity index (χ4n) is 2.73. The number of rotatable bonds is 11. The minimum atomic E-state index is -0.618. The maximum atomic E-state index is 12.1. The number of nitrogens with zero attached hydrogens (tertiary/aromatic N) is 2. The first-order valence-corrected chi connectivity index (χ1v) is 8.02. The lowest BCUT2D eigenvalue weighted by Crippen LogP contribution is -2.54. The van der Waals surface area contributed by atoms with Gasteiger partial charge in [0, 0.05) is 19.1 Å². The molecule has 0 aromatic heterocycles. The van der Waals surface area contributed by atoms with Gasteiger partial charge in [0.2, 0.25) is 0 Å². The van der Waals surface area contributed by atoms with Crippen LogP contribution in [-0.2, 0) is 9.53 Å². The molecule has 0 aliphatic heterocycles. The highest BCUT2D eigenvalue weighted by atomic mass is 16.5. The molecule has 0 aromatic rings. The molecule has 5 nitrogen and oxygen atoms in total. The lowest BCUT2D eigenvalue weighted by molar-refractivity contribution is -0.148. The van der Waals surface area contributed by atoms with Gasteiger partial charge in [-0.1, -0.05) is 13.8 Å². The molecule has 0 radical (unpaired) electrons. The molecular formula is C16H35N3O2. The standard InChI is InChI=1S/C16H35N3O2/c1-8-10-19(12-11-18(5)6)14(3)13-16(4,17-9-2)15(20)21-7/h14,17H,8-13H2,1-7H3. The average Bonchev–Trinajstić information content (AvgIpc) is 2.42. The van der Waals surface area contributed by atoms with E-state index in [0.29, 0.717) is 6.04 Å². The molecule has 0 saturated carbocycles. The van der Waals surface area contributed by atoms with Gasteiger partial charge >= 0.3 is 5.97 Å². The lowest BCUT2D eigenvalue weighted by atomic mass is 9.92. The van der Waals surface area contributed by atoms with E-state index in [9.17, 15) is 4.79 Å². The number of likely N-dealkylation sites (N-methyl/N-ethyl adjacent to an activating group) is 2. The maximum Gasteiger partial charge on any atom is 0.325 e. The number of methoxy groups -OCH3 is 1. The maximum absolute atomic E-state index is 12.1. The molecule has 1 N–H and O–H groups in total. The minimum absolute atomic E-state index is 0.180. The van der Waals surface area contributed by atoms with Crippen LogP contribution in [0.2, 0.25) is 0 Å². The Labute approximate surface area is 131 Å². The third-order valence-corrected chi connectivity index (χ3v) is 3.88. The summed E-state index contributed by atoms with van der Waals surface area (Å²) in [6.45, 7) is 12.2. The Bertz CT molecular complexity index is 297. The molecule has 0 fully saturated rings. The van der Waals surface area contributed by atoms with Crippen LogP contribution in [0.15, 0.2) is 0 Å². The Kier molecular flexibility index (Phi) is 9.83. The molecule has 2 unspecified atom stereocenters. The van der Waals surface area contributed by atoms with Gasteiger partial charge in [-0.15, -0.1) is 0 Å². The molecule has 126 valence electrons. The number of esters is 1. The van der Waals surface area contributed by atoms with Gasteiger partial charge in [-0.05, 0) is 53.9 Å². The Balaban J connectivity index is 4.81. The molecule has 2 atom stereocenters. The van der Waals surface area contributed by atoms with Crippen LogP contribution in [0.3, 0.4) is 0 Å². The summed E-state index contributed by atoms with van der Waals surface area (Å²) < 4.78 is 4.98. The summed E-state index contributed by atoms with van der Waals surface area (Å²) in [5.41, 5.74) is -0.618. The first kappa shape index (κ1) is 20.3. The molecule has 0 saturated heterocycles. The number of hydrogen-bond donors (Lipinski definition) is 1. The van der Waals surface area contributed by atoms with E-state index in [1.54, 1.807) is 0 Å². The highest BCUT2D eigenvalue weighted by Crippen LogP contribution is 2.18. The summed E-state index contributed by atoms with van der Waals surface area (Å²) in [6.07, 6.45) is 1.87. The fourth-order valence-corrected chi connectivity index (χ4v) is 2.73. The quantitative estimate of drug-likeness (QED) is 0.587. The van der Waals surface area contributed by atoms with Crippen LogP contribution in [-0.4, -0.2) is 74.7 Å². The number of carbonyl (C=O) groups is 1. The van der Waals surface area contributed by atoms with Crippen molar-refractivity contribution in [1.29, 1.82) is 0 Å². The smallest absolute Gasteiger partial charge is 0.325 e. The van der Waals surface area contributed by atoms with Crippen molar-refractivity contribution in [2.75, 3.05) is 47.4 Å². The molecule has 0 aliphatic carbocycles. The average molecular weight is 301 g/mol. The summed E-state index contributed by atoms with van der Waals surface area (Å²) in [4.78, 5) is 16.7. The van der Waals surface area contributed by atoms with Crippen LogP contribution in [0.25, 0.3) is 0 Å². The van der Waals surface area contributed by atoms with Crippen molar-refractivity contribution in [3.63, 3.8) is 0 Å². The van der Waals surface area contributed by atoms with E-state index in [4.69, 9.17) is 4.74 Å². The van der Waals surface area contributed by atoms with Crippen molar-refractivity contribution >= 4 is 5.97 Å². The van der Waals surface area contributed by atoms with Gasteiger partial charge in [-0.2, -0.15) is 0 Å². The SMILES string of the molecule is CCCN(CCN(C)C)C(C)CC(C)(NCC)C(=O)OC. The summed E-state index contributed by atoms with van der Waals surface area (Å²) in [7, 11) is 5.64. The Hall–Kier alpha value is -0.650. The first-order valence-electron chi connectivity index (χ1n) is 8.02. The largest absolute Gasteiger partial charge is 0.468 e. The molecule has 0 spiro atoms.